The van der Waals surface area contributed by atoms with Crippen molar-refractivity contribution >= 4 is 0 Å². The zero-order valence-corrected chi connectivity index (χ0v) is 7.29. The van der Waals surface area contributed by atoms with Crippen LogP contribution in [0.15, 0.2) is 0 Å². The standard InChI is InChI=1S/C7H12N4/c1-5-8-10-6(11-9-5)7(2,3)4/h1-4H3. The molecule has 0 atom stereocenters. The minimum atomic E-state index is -0.0618. The Morgan fingerprint density at radius 1 is 0.909 bits per heavy atom. The molecule has 0 saturated carbocycles. The molecule has 1 heterocycles. The number of hydrogen-bond acceptors (Lipinski definition) is 4. The SMILES string of the molecule is Cc1nnc(C(C)(C)C)nn1. The number of aryl methyl sites for hydroxylation is 1. The fourth-order valence-electron chi connectivity index (χ4n) is 0.579. The van der Waals surface area contributed by atoms with Gasteiger partial charge in [-0.2, -0.15) is 0 Å². The van der Waals surface area contributed by atoms with Crippen molar-refractivity contribution in [1.82, 2.24) is 20.4 Å². The Morgan fingerprint density at radius 2 is 1.36 bits per heavy atom. The average molecular weight is 152 g/mol. The van der Waals surface area contributed by atoms with Crippen LogP contribution in [0.1, 0.15) is 32.4 Å². The normalized spacial score (nSPS) is 11.6. The molecule has 1 aromatic rings. The molecule has 0 bridgehead atoms. The Hall–Kier alpha value is -1.06. The Balaban J connectivity index is 2.99. The third kappa shape index (κ3) is 1.93. The van der Waals surface area contributed by atoms with Gasteiger partial charge in [-0.05, 0) is 6.92 Å². The molecule has 4 nitrogen and oxygen atoms in total. The zero-order valence-electron chi connectivity index (χ0n) is 7.29. The molecule has 4 heteroatoms. The van der Waals surface area contributed by atoms with E-state index in [0.29, 0.717) is 11.6 Å². The summed E-state index contributed by atoms with van der Waals surface area (Å²) in [6.45, 7) is 7.86. The van der Waals surface area contributed by atoms with E-state index in [4.69, 9.17) is 0 Å². The highest BCUT2D eigenvalue weighted by atomic mass is 15.3. The maximum Gasteiger partial charge on any atom is 0.178 e. The summed E-state index contributed by atoms with van der Waals surface area (Å²) in [6, 6.07) is 0. The van der Waals surface area contributed by atoms with Gasteiger partial charge in [0, 0.05) is 5.41 Å². The summed E-state index contributed by atoms with van der Waals surface area (Å²) in [5, 5.41) is 15.5. The van der Waals surface area contributed by atoms with E-state index in [2.05, 4.69) is 20.4 Å². The molecule has 0 aromatic carbocycles. The molecule has 0 unspecified atom stereocenters. The molecule has 0 spiro atoms. The fourth-order valence-corrected chi connectivity index (χ4v) is 0.579. The van der Waals surface area contributed by atoms with Gasteiger partial charge in [-0.3, -0.25) is 0 Å². The Kier molecular flexibility index (Phi) is 1.85. The summed E-state index contributed by atoms with van der Waals surface area (Å²) < 4.78 is 0. The Labute approximate surface area is 66.1 Å². The van der Waals surface area contributed by atoms with Crippen LogP contribution >= 0.6 is 0 Å². The minimum Gasteiger partial charge on any atom is -0.132 e. The fraction of sp³-hybridized carbons (Fsp3) is 0.714. The molecule has 11 heavy (non-hydrogen) atoms. The maximum atomic E-state index is 3.93. The third-order valence-electron chi connectivity index (χ3n) is 1.25. The number of aromatic nitrogens is 4. The highest BCUT2D eigenvalue weighted by Gasteiger charge is 2.17. The van der Waals surface area contributed by atoms with Crippen molar-refractivity contribution in [1.29, 1.82) is 0 Å². The van der Waals surface area contributed by atoms with E-state index in [-0.39, 0.29) is 5.41 Å². The van der Waals surface area contributed by atoms with Gasteiger partial charge in [0.25, 0.3) is 0 Å². The van der Waals surface area contributed by atoms with E-state index in [1.165, 1.54) is 0 Å². The lowest BCUT2D eigenvalue weighted by molar-refractivity contribution is 0.514. The molecule has 0 amide bonds. The highest BCUT2D eigenvalue weighted by Crippen LogP contribution is 2.15. The Bertz CT molecular complexity index is 234. The summed E-state index contributed by atoms with van der Waals surface area (Å²) in [4.78, 5) is 0. The summed E-state index contributed by atoms with van der Waals surface area (Å²) in [5.74, 6) is 1.29. The van der Waals surface area contributed by atoms with Crippen LogP contribution in [0.2, 0.25) is 0 Å². The van der Waals surface area contributed by atoms with E-state index in [0.717, 1.165) is 0 Å². The third-order valence-corrected chi connectivity index (χ3v) is 1.25. The molecule has 1 aromatic heterocycles. The van der Waals surface area contributed by atoms with Crippen LogP contribution in [0, 0.1) is 6.92 Å². The van der Waals surface area contributed by atoms with Gasteiger partial charge in [0.15, 0.2) is 11.6 Å². The number of rotatable bonds is 0. The topological polar surface area (TPSA) is 51.6 Å². The van der Waals surface area contributed by atoms with Crippen LogP contribution in [-0.2, 0) is 5.41 Å². The van der Waals surface area contributed by atoms with Gasteiger partial charge in [0.2, 0.25) is 0 Å². The summed E-state index contributed by atoms with van der Waals surface area (Å²) >= 11 is 0. The van der Waals surface area contributed by atoms with Crippen molar-refractivity contribution in [2.75, 3.05) is 0 Å². The predicted octanol–water partition coefficient (Wildman–Crippen LogP) is 0.873. The molecule has 1 rings (SSSR count). The van der Waals surface area contributed by atoms with Crippen molar-refractivity contribution in [2.24, 2.45) is 0 Å². The molecule has 0 saturated heterocycles. The highest BCUT2D eigenvalue weighted by molar-refractivity contribution is 4.96. The first-order valence-electron chi connectivity index (χ1n) is 3.54. The molecule has 0 aliphatic heterocycles. The van der Waals surface area contributed by atoms with Crippen LogP contribution in [0.5, 0.6) is 0 Å². The molecule has 0 N–H and O–H groups in total. The predicted molar refractivity (Wildman–Crippen MR) is 41.1 cm³/mol. The second-order valence-electron chi connectivity index (χ2n) is 3.52. The first-order chi connectivity index (χ1) is 5.00. The quantitative estimate of drug-likeness (QED) is 0.553. The molecule has 0 aliphatic rings. The molecule has 60 valence electrons. The number of nitrogens with zero attached hydrogens (tertiary/aromatic N) is 4. The smallest absolute Gasteiger partial charge is 0.132 e. The average Bonchev–Trinajstić information content (AvgIpc) is 1.86. The summed E-state index contributed by atoms with van der Waals surface area (Å²) in [6.07, 6.45) is 0. The van der Waals surface area contributed by atoms with Crippen LogP contribution in [0.3, 0.4) is 0 Å². The maximum absolute atomic E-state index is 3.93. The van der Waals surface area contributed by atoms with Crippen molar-refractivity contribution in [2.45, 2.75) is 33.1 Å². The molecular weight excluding hydrogens is 140 g/mol. The van der Waals surface area contributed by atoms with E-state index < -0.39 is 0 Å². The lowest BCUT2D eigenvalue weighted by Gasteiger charge is -2.13. The van der Waals surface area contributed by atoms with Gasteiger partial charge < -0.3 is 0 Å². The molecule has 0 fully saturated rings. The molecule has 0 radical (unpaired) electrons. The van der Waals surface area contributed by atoms with Gasteiger partial charge in [0.1, 0.15) is 0 Å². The van der Waals surface area contributed by atoms with Crippen molar-refractivity contribution in [3.8, 4) is 0 Å². The van der Waals surface area contributed by atoms with Gasteiger partial charge in [-0.25, -0.2) is 0 Å². The first-order valence-corrected chi connectivity index (χ1v) is 3.54. The minimum absolute atomic E-state index is 0.0618. The van der Waals surface area contributed by atoms with Crippen LogP contribution < -0.4 is 0 Å². The second-order valence-corrected chi connectivity index (χ2v) is 3.52. The van der Waals surface area contributed by atoms with Gasteiger partial charge >= 0.3 is 0 Å². The largest absolute Gasteiger partial charge is 0.178 e. The van der Waals surface area contributed by atoms with Crippen LogP contribution in [0.4, 0.5) is 0 Å². The van der Waals surface area contributed by atoms with Crippen molar-refractivity contribution in [3.05, 3.63) is 11.6 Å². The zero-order chi connectivity index (χ0) is 8.48. The van der Waals surface area contributed by atoms with E-state index in [1.54, 1.807) is 6.92 Å². The Morgan fingerprint density at radius 3 is 1.73 bits per heavy atom. The molecular formula is C7H12N4. The molecule has 0 aliphatic carbocycles. The van der Waals surface area contributed by atoms with E-state index in [1.807, 2.05) is 20.8 Å². The van der Waals surface area contributed by atoms with Crippen LogP contribution in [0.25, 0.3) is 0 Å². The lowest BCUT2D eigenvalue weighted by Crippen LogP contribution is -2.18. The van der Waals surface area contributed by atoms with Crippen molar-refractivity contribution < 1.29 is 0 Å². The second kappa shape index (κ2) is 2.53. The summed E-state index contributed by atoms with van der Waals surface area (Å²) in [5.41, 5.74) is -0.0618. The van der Waals surface area contributed by atoms with Gasteiger partial charge in [0.05, 0.1) is 0 Å². The van der Waals surface area contributed by atoms with Gasteiger partial charge in [-0.15, -0.1) is 20.4 Å². The summed E-state index contributed by atoms with van der Waals surface area (Å²) in [7, 11) is 0. The van der Waals surface area contributed by atoms with E-state index >= 15 is 0 Å². The van der Waals surface area contributed by atoms with Crippen LogP contribution in [-0.4, -0.2) is 20.4 Å². The van der Waals surface area contributed by atoms with E-state index in [9.17, 15) is 0 Å². The lowest BCUT2D eigenvalue weighted by atomic mass is 9.96. The van der Waals surface area contributed by atoms with Gasteiger partial charge in [-0.1, -0.05) is 20.8 Å². The first kappa shape index (κ1) is 8.04. The number of hydrogen-bond donors (Lipinski definition) is 0. The monoisotopic (exact) mass is 152 g/mol. The van der Waals surface area contributed by atoms with Crippen molar-refractivity contribution in [3.63, 3.8) is 0 Å².